The summed E-state index contributed by atoms with van der Waals surface area (Å²) in [6.45, 7) is 1.03. The third-order valence-corrected chi connectivity index (χ3v) is 6.04. The van der Waals surface area contributed by atoms with Crippen molar-refractivity contribution in [3.05, 3.63) is 42.0 Å². The Morgan fingerprint density at radius 1 is 1.03 bits per heavy atom. The first-order chi connectivity index (χ1) is 16.6. The van der Waals surface area contributed by atoms with Crippen molar-refractivity contribution in [3.8, 4) is 28.9 Å². The monoisotopic (exact) mass is 467 g/mol. The van der Waals surface area contributed by atoms with E-state index in [0.717, 1.165) is 5.56 Å². The van der Waals surface area contributed by atoms with E-state index in [-0.39, 0.29) is 23.9 Å². The zero-order chi connectivity index (χ0) is 23.7. The number of ether oxygens (including phenoxy) is 3. The summed E-state index contributed by atoms with van der Waals surface area (Å²) in [6.07, 6.45) is 3.82. The first-order valence-corrected chi connectivity index (χ1v) is 10.8. The van der Waals surface area contributed by atoms with Gasteiger partial charge in [-0.1, -0.05) is 5.16 Å². The van der Waals surface area contributed by atoms with Crippen molar-refractivity contribution in [3.63, 3.8) is 0 Å². The Morgan fingerprint density at radius 3 is 2.38 bits per heavy atom. The highest BCUT2D eigenvalue weighted by Crippen LogP contribution is 2.41. The van der Waals surface area contributed by atoms with Crippen LogP contribution in [0.1, 0.15) is 29.8 Å². The minimum absolute atomic E-state index is 0.00539. The summed E-state index contributed by atoms with van der Waals surface area (Å²) in [4.78, 5) is 27.4. The van der Waals surface area contributed by atoms with E-state index in [0.29, 0.717) is 54.3 Å². The maximum atomic E-state index is 13.0. The second-order valence-electron chi connectivity index (χ2n) is 8.06. The molecule has 12 nitrogen and oxygen atoms in total. The van der Waals surface area contributed by atoms with Gasteiger partial charge in [-0.15, -0.1) is 0 Å². The molecule has 2 aromatic heterocycles. The Bertz CT molecular complexity index is 1140. The molecule has 5 rings (SSSR count). The summed E-state index contributed by atoms with van der Waals surface area (Å²) >= 11 is 0. The molecule has 2 unspecified atom stereocenters. The van der Waals surface area contributed by atoms with Gasteiger partial charge in [0, 0.05) is 31.5 Å². The largest absolute Gasteiger partial charge is 0.493 e. The van der Waals surface area contributed by atoms with Crippen molar-refractivity contribution in [2.75, 3.05) is 34.4 Å². The molecule has 34 heavy (non-hydrogen) atoms. The van der Waals surface area contributed by atoms with Gasteiger partial charge in [0.25, 0.3) is 0 Å². The number of amides is 1. The number of aromatic nitrogens is 4. The van der Waals surface area contributed by atoms with Crippen molar-refractivity contribution < 1.29 is 23.5 Å². The molecule has 0 radical (unpaired) electrons. The van der Waals surface area contributed by atoms with E-state index in [1.54, 1.807) is 44.7 Å². The van der Waals surface area contributed by atoms with Crippen LogP contribution in [-0.4, -0.2) is 71.4 Å². The fourth-order valence-electron chi connectivity index (χ4n) is 4.18. The highest BCUT2D eigenvalue weighted by Gasteiger charge is 2.41. The number of likely N-dealkylation sites (tertiary alicyclic amines) is 1. The molecule has 12 heteroatoms. The van der Waals surface area contributed by atoms with E-state index in [2.05, 4.69) is 31.0 Å². The van der Waals surface area contributed by atoms with Gasteiger partial charge in [-0.25, -0.2) is 20.8 Å². The Balaban J connectivity index is 1.20. The number of methoxy groups -OCH3 is 3. The topological polar surface area (TPSA) is 137 Å². The normalized spacial score (nSPS) is 20.1. The van der Waals surface area contributed by atoms with Gasteiger partial charge in [0.2, 0.25) is 29.2 Å². The zero-order valence-electron chi connectivity index (χ0n) is 19.0. The second-order valence-corrected chi connectivity index (χ2v) is 8.06. The van der Waals surface area contributed by atoms with Gasteiger partial charge in [-0.05, 0) is 30.2 Å². The average molecular weight is 467 g/mol. The van der Waals surface area contributed by atoms with Gasteiger partial charge in [0.1, 0.15) is 6.04 Å². The number of nitrogens with one attached hydrogen (secondary N) is 2. The van der Waals surface area contributed by atoms with Crippen LogP contribution < -0.4 is 25.1 Å². The molecule has 3 aromatic rings. The van der Waals surface area contributed by atoms with Crippen LogP contribution in [0.25, 0.3) is 11.6 Å². The predicted octanol–water partition coefficient (Wildman–Crippen LogP) is 1.09. The summed E-state index contributed by atoms with van der Waals surface area (Å²) in [5.41, 5.74) is 7.25. The lowest BCUT2D eigenvalue weighted by atomic mass is 9.96. The lowest BCUT2D eigenvalue weighted by Crippen LogP contribution is -2.54. The van der Waals surface area contributed by atoms with E-state index in [9.17, 15) is 4.79 Å². The molecule has 1 amide bonds. The Kier molecular flexibility index (Phi) is 5.99. The quantitative estimate of drug-likeness (QED) is 0.516. The number of carbonyl (C=O) groups is 1. The van der Waals surface area contributed by atoms with Crippen molar-refractivity contribution >= 4 is 5.91 Å². The molecule has 2 aliphatic heterocycles. The highest BCUT2D eigenvalue weighted by molar-refractivity contribution is 5.83. The summed E-state index contributed by atoms with van der Waals surface area (Å²) in [6, 6.07) is 5.04. The van der Waals surface area contributed by atoms with Gasteiger partial charge >= 0.3 is 0 Å². The molecule has 0 spiro atoms. The van der Waals surface area contributed by atoms with Gasteiger partial charge in [-0.3, -0.25) is 4.79 Å². The highest BCUT2D eigenvalue weighted by atomic mass is 16.5. The maximum Gasteiger partial charge on any atom is 0.241 e. The third kappa shape index (κ3) is 4.01. The molecule has 2 N–H and O–H groups in total. The molecule has 0 saturated carbocycles. The number of carbonyl (C=O) groups excluding carboxylic acids is 1. The lowest BCUT2D eigenvalue weighted by molar-refractivity contribution is -0.138. The van der Waals surface area contributed by atoms with Gasteiger partial charge < -0.3 is 23.6 Å². The number of hydrogen-bond donors (Lipinski definition) is 2. The van der Waals surface area contributed by atoms with E-state index in [4.69, 9.17) is 18.7 Å². The van der Waals surface area contributed by atoms with E-state index < -0.39 is 0 Å². The molecule has 2 fully saturated rings. The minimum atomic E-state index is -0.360. The number of hydrazine groups is 1. The van der Waals surface area contributed by atoms with E-state index >= 15 is 0 Å². The average Bonchev–Trinajstić information content (AvgIpc) is 3.53. The van der Waals surface area contributed by atoms with Gasteiger partial charge in [0.05, 0.1) is 27.2 Å². The van der Waals surface area contributed by atoms with Crippen LogP contribution in [0.15, 0.2) is 35.1 Å². The molecule has 4 heterocycles. The van der Waals surface area contributed by atoms with Crippen LogP contribution in [0.2, 0.25) is 0 Å². The van der Waals surface area contributed by atoms with Crippen LogP contribution in [0, 0.1) is 0 Å². The van der Waals surface area contributed by atoms with E-state index in [1.807, 2.05) is 12.1 Å². The molecule has 0 aliphatic carbocycles. The molecule has 2 atom stereocenters. The first kappa shape index (κ1) is 22.0. The Morgan fingerprint density at radius 2 is 1.74 bits per heavy atom. The molecule has 2 aliphatic rings. The number of nitrogens with zero attached hydrogens (tertiary/aromatic N) is 5. The number of hydrogen-bond acceptors (Lipinski definition) is 11. The molecule has 0 bridgehead atoms. The number of benzene rings is 1. The van der Waals surface area contributed by atoms with Crippen LogP contribution in [0.4, 0.5) is 0 Å². The molecular formula is C22H25N7O5. The summed E-state index contributed by atoms with van der Waals surface area (Å²) in [5.74, 6) is 2.91. The molecule has 2 saturated heterocycles. The predicted molar refractivity (Wildman–Crippen MR) is 118 cm³/mol. The standard InChI is InChI=1S/C22H25N7O5/c1-31-16-7-12(8-17(32-2)18(16)33-3)14-9-15(27-26-14)22(30)29-10-13(11-29)21-25-20(28-34-21)19-23-5-4-6-24-19/h4-8,13-15,26-27H,9-11H2,1-3H3. The van der Waals surface area contributed by atoms with Crippen molar-refractivity contribution in [1.82, 2.24) is 35.9 Å². The van der Waals surface area contributed by atoms with Crippen LogP contribution in [0.3, 0.4) is 0 Å². The molecule has 178 valence electrons. The molecule has 1 aromatic carbocycles. The minimum Gasteiger partial charge on any atom is -0.493 e. The lowest BCUT2D eigenvalue weighted by Gasteiger charge is -2.38. The van der Waals surface area contributed by atoms with E-state index in [1.165, 1.54) is 0 Å². The summed E-state index contributed by atoms with van der Waals surface area (Å²) < 4.78 is 21.7. The summed E-state index contributed by atoms with van der Waals surface area (Å²) in [5, 5.41) is 3.95. The zero-order valence-corrected chi connectivity index (χ0v) is 19.0. The van der Waals surface area contributed by atoms with Crippen LogP contribution in [0.5, 0.6) is 17.2 Å². The van der Waals surface area contributed by atoms with Gasteiger partial charge in [0.15, 0.2) is 11.5 Å². The van der Waals surface area contributed by atoms with Gasteiger partial charge in [-0.2, -0.15) is 4.98 Å². The third-order valence-electron chi connectivity index (χ3n) is 6.04. The fraction of sp³-hybridized carbons (Fsp3) is 0.409. The van der Waals surface area contributed by atoms with Crippen molar-refractivity contribution in [2.45, 2.75) is 24.4 Å². The Labute approximate surface area is 195 Å². The number of rotatable bonds is 7. The van der Waals surface area contributed by atoms with Crippen molar-refractivity contribution in [1.29, 1.82) is 0 Å². The maximum absolute atomic E-state index is 13.0. The first-order valence-electron chi connectivity index (χ1n) is 10.8. The van der Waals surface area contributed by atoms with Crippen molar-refractivity contribution in [2.24, 2.45) is 0 Å². The second kappa shape index (κ2) is 9.23. The molecular weight excluding hydrogens is 442 g/mol. The SMILES string of the molecule is COc1cc(C2CC(C(=O)N3CC(c4nc(-c5ncccn5)no4)C3)NN2)cc(OC)c1OC. The fourth-order valence-corrected chi connectivity index (χ4v) is 4.18. The summed E-state index contributed by atoms with van der Waals surface area (Å²) in [7, 11) is 4.72. The van der Waals surface area contributed by atoms with Crippen LogP contribution in [-0.2, 0) is 4.79 Å². The Hall–Kier alpha value is -3.77. The smallest absolute Gasteiger partial charge is 0.241 e. The van der Waals surface area contributed by atoms with Crippen LogP contribution >= 0.6 is 0 Å².